The minimum absolute atomic E-state index is 0.306. The molecule has 2 aliphatic rings. The minimum Gasteiger partial charge on any atom is -0.348 e. The van der Waals surface area contributed by atoms with E-state index in [1.165, 1.54) is 0 Å². The SMILES string of the molecule is N#CCC1CCCC2(C1)OCCO2. The molecule has 1 saturated heterocycles. The molecule has 1 aliphatic carbocycles. The Morgan fingerprint density at radius 2 is 2.15 bits per heavy atom. The molecule has 3 heteroatoms. The van der Waals surface area contributed by atoms with E-state index >= 15 is 0 Å². The van der Waals surface area contributed by atoms with Crippen molar-refractivity contribution in [1.82, 2.24) is 0 Å². The molecule has 3 nitrogen and oxygen atoms in total. The summed E-state index contributed by atoms with van der Waals surface area (Å²) in [5.74, 6) is 0.177. The lowest BCUT2D eigenvalue weighted by molar-refractivity contribution is -0.186. The monoisotopic (exact) mass is 181 g/mol. The highest BCUT2D eigenvalue weighted by atomic mass is 16.7. The standard InChI is InChI=1S/C10H15NO2/c11-5-3-9-2-1-4-10(8-9)12-6-7-13-10/h9H,1-4,6-8H2. The molecule has 1 unspecified atom stereocenters. The summed E-state index contributed by atoms with van der Waals surface area (Å²) in [6.45, 7) is 1.44. The Kier molecular flexibility index (Phi) is 2.52. The molecule has 0 aromatic carbocycles. The van der Waals surface area contributed by atoms with Gasteiger partial charge in [-0.15, -0.1) is 0 Å². The fraction of sp³-hybridized carbons (Fsp3) is 0.900. The van der Waals surface area contributed by atoms with E-state index in [0.29, 0.717) is 12.3 Å². The highest BCUT2D eigenvalue weighted by molar-refractivity contribution is 4.87. The van der Waals surface area contributed by atoms with Crippen molar-refractivity contribution in [2.45, 2.75) is 37.9 Å². The number of rotatable bonds is 1. The normalized spacial score (nSPS) is 31.8. The van der Waals surface area contributed by atoms with Crippen LogP contribution in [-0.4, -0.2) is 19.0 Å². The van der Waals surface area contributed by atoms with Crippen molar-refractivity contribution in [2.75, 3.05) is 13.2 Å². The average Bonchev–Trinajstić information content (AvgIpc) is 2.54. The van der Waals surface area contributed by atoms with Gasteiger partial charge in [-0.25, -0.2) is 0 Å². The molecule has 1 saturated carbocycles. The van der Waals surface area contributed by atoms with Gasteiger partial charge in [-0.3, -0.25) is 0 Å². The number of ether oxygens (including phenoxy) is 2. The van der Waals surface area contributed by atoms with Crippen molar-refractivity contribution in [3.63, 3.8) is 0 Å². The first-order chi connectivity index (χ1) is 6.35. The van der Waals surface area contributed by atoms with Crippen molar-refractivity contribution in [3.05, 3.63) is 0 Å². The Hall–Kier alpha value is -0.590. The smallest absolute Gasteiger partial charge is 0.168 e. The molecule has 0 amide bonds. The van der Waals surface area contributed by atoms with Crippen LogP contribution in [0.25, 0.3) is 0 Å². The maximum atomic E-state index is 8.62. The average molecular weight is 181 g/mol. The largest absolute Gasteiger partial charge is 0.348 e. The van der Waals surface area contributed by atoms with Crippen molar-refractivity contribution in [1.29, 1.82) is 5.26 Å². The van der Waals surface area contributed by atoms with E-state index in [9.17, 15) is 0 Å². The molecule has 2 fully saturated rings. The Balaban J connectivity index is 1.95. The molecule has 1 spiro atoms. The number of nitriles is 1. The Morgan fingerprint density at radius 3 is 2.85 bits per heavy atom. The zero-order valence-electron chi connectivity index (χ0n) is 7.79. The third-order valence-corrected chi connectivity index (χ3v) is 2.96. The molecular weight excluding hydrogens is 166 g/mol. The van der Waals surface area contributed by atoms with E-state index in [2.05, 4.69) is 6.07 Å². The minimum atomic E-state index is -0.306. The highest BCUT2D eigenvalue weighted by Gasteiger charge is 2.41. The summed E-state index contributed by atoms with van der Waals surface area (Å²) < 4.78 is 11.3. The quantitative estimate of drug-likeness (QED) is 0.619. The van der Waals surface area contributed by atoms with Gasteiger partial charge in [-0.05, 0) is 18.8 Å². The first-order valence-corrected chi connectivity index (χ1v) is 4.99. The summed E-state index contributed by atoms with van der Waals surface area (Å²) in [5, 5.41) is 8.62. The second-order valence-corrected chi connectivity index (χ2v) is 3.93. The van der Waals surface area contributed by atoms with E-state index in [0.717, 1.165) is 38.9 Å². The summed E-state index contributed by atoms with van der Waals surface area (Å²) >= 11 is 0. The van der Waals surface area contributed by atoms with Crippen molar-refractivity contribution in [3.8, 4) is 6.07 Å². The second kappa shape index (κ2) is 3.65. The molecule has 1 atom stereocenters. The van der Waals surface area contributed by atoms with Crippen LogP contribution in [0.2, 0.25) is 0 Å². The van der Waals surface area contributed by atoms with Crippen LogP contribution in [-0.2, 0) is 9.47 Å². The van der Waals surface area contributed by atoms with Crippen LogP contribution >= 0.6 is 0 Å². The zero-order chi connectivity index (χ0) is 9.15. The topological polar surface area (TPSA) is 42.2 Å². The number of hydrogen-bond donors (Lipinski definition) is 0. The van der Waals surface area contributed by atoms with Gasteiger partial charge in [0, 0.05) is 19.3 Å². The maximum absolute atomic E-state index is 8.62. The third-order valence-electron chi connectivity index (χ3n) is 2.96. The van der Waals surface area contributed by atoms with E-state index in [-0.39, 0.29) is 5.79 Å². The van der Waals surface area contributed by atoms with Crippen LogP contribution in [0.4, 0.5) is 0 Å². The van der Waals surface area contributed by atoms with Gasteiger partial charge >= 0.3 is 0 Å². The Morgan fingerprint density at radius 1 is 1.38 bits per heavy atom. The molecule has 13 heavy (non-hydrogen) atoms. The van der Waals surface area contributed by atoms with Gasteiger partial charge in [-0.1, -0.05) is 0 Å². The fourth-order valence-corrected chi connectivity index (χ4v) is 2.37. The molecule has 0 aromatic heterocycles. The number of hydrogen-bond acceptors (Lipinski definition) is 3. The molecule has 2 rings (SSSR count). The summed E-state index contributed by atoms with van der Waals surface area (Å²) in [6, 6.07) is 2.23. The van der Waals surface area contributed by atoms with Gasteiger partial charge in [0.25, 0.3) is 0 Å². The van der Waals surface area contributed by atoms with Crippen molar-refractivity contribution in [2.24, 2.45) is 5.92 Å². The van der Waals surface area contributed by atoms with E-state index < -0.39 is 0 Å². The van der Waals surface area contributed by atoms with E-state index in [1.54, 1.807) is 0 Å². The van der Waals surface area contributed by atoms with Crippen LogP contribution < -0.4 is 0 Å². The van der Waals surface area contributed by atoms with E-state index in [4.69, 9.17) is 14.7 Å². The predicted molar refractivity (Wildman–Crippen MR) is 46.8 cm³/mol. The summed E-state index contributed by atoms with van der Waals surface area (Å²) in [5.41, 5.74) is 0. The lowest BCUT2D eigenvalue weighted by atomic mass is 9.83. The fourth-order valence-electron chi connectivity index (χ4n) is 2.37. The molecule has 0 aromatic rings. The lowest BCUT2D eigenvalue weighted by Gasteiger charge is -2.35. The van der Waals surface area contributed by atoms with Gasteiger partial charge in [0.1, 0.15) is 0 Å². The van der Waals surface area contributed by atoms with Crippen LogP contribution in [0.1, 0.15) is 32.1 Å². The lowest BCUT2D eigenvalue weighted by Crippen LogP contribution is -2.36. The van der Waals surface area contributed by atoms with Crippen molar-refractivity contribution < 1.29 is 9.47 Å². The molecule has 0 radical (unpaired) electrons. The van der Waals surface area contributed by atoms with Crippen LogP contribution in [0.15, 0.2) is 0 Å². The molecular formula is C10H15NO2. The van der Waals surface area contributed by atoms with E-state index in [1.807, 2.05) is 0 Å². The van der Waals surface area contributed by atoms with Crippen molar-refractivity contribution >= 4 is 0 Å². The first-order valence-electron chi connectivity index (χ1n) is 4.99. The molecule has 72 valence electrons. The first kappa shape index (κ1) is 8.98. The number of nitrogens with zero attached hydrogens (tertiary/aromatic N) is 1. The zero-order valence-corrected chi connectivity index (χ0v) is 7.79. The Bertz CT molecular complexity index is 215. The molecule has 0 bridgehead atoms. The highest BCUT2D eigenvalue weighted by Crippen LogP contribution is 2.39. The van der Waals surface area contributed by atoms with Gasteiger partial charge in [0.05, 0.1) is 19.3 Å². The molecule has 1 heterocycles. The Labute approximate surface area is 78.6 Å². The van der Waals surface area contributed by atoms with Gasteiger partial charge < -0.3 is 9.47 Å². The van der Waals surface area contributed by atoms with Gasteiger partial charge in [0.2, 0.25) is 0 Å². The second-order valence-electron chi connectivity index (χ2n) is 3.93. The molecule has 0 N–H and O–H groups in total. The third kappa shape index (κ3) is 1.84. The maximum Gasteiger partial charge on any atom is 0.168 e. The summed E-state index contributed by atoms with van der Waals surface area (Å²) in [4.78, 5) is 0. The van der Waals surface area contributed by atoms with Crippen LogP contribution in [0.5, 0.6) is 0 Å². The van der Waals surface area contributed by atoms with Crippen LogP contribution in [0.3, 0.4) is 0 Å². The predicted octanol–water partition coefficient (Wildman–Crippen LogP) is 1.83. The van der Waals surface area contributed by atoms with Gasteiger partial charge in [0.15, 0.2) is 5.79 Å². The summed E-state index contributed by atoms with van der Waals surface area (Å²) in [7, 11) is 0. The van der Waals surface area contributed by atoms with Gasteiger partial charge in [-0.2, -0.15) is 5.26 Å². The summed E-state index contributed by atoms with van der Waals surface area (Å²) in [6.07, 6.45) is 4.86. The van der Waals surface area contributed by atoms with Crippen LogP contribution in [0, 0.1) is 17.2 Å². The molecule has 1 aliphatic heterocycles.